The number of aromatic nitrogens is 3. The number of nitrogens with two attached hydrogens (primary N) is 1. The number of amides is 1. The number of hydrogen-bond acceptors (Lipinski definition) is 4. The van der Waals surface area contributed by atoms with Crippen molar-refractivity contribution in [2.75, 3.05) is 0 Å². The predicted molar refractivity (Wildman–Crippen MR) is 71.8 cm³/mol. The largest absolute Gasteiger partial charge is 0.402 e. The molecule has 2 rings (SSSR count). The Kier molecular flexibility index (Phi) is 3.99. The van der Waals surface area contributed by atoms with E-state index in [9.17, 15) is 4.79 Å². The molecule has 1 amide bonds. The summed E-state index contributed by atoms with van der Waals surface area (Å²) in [6.45, 7) is 4.26. The molecule has 3 N–H and O–H groups in total. The third-order valence-corrected chi connectivity index (χ3v) is 2.94. The van der Waals surface area contributed by atoms with Crippen molar-refractivity contribution >= 4 is 5.91 Å². The van der Waals surface area contributed by atoms with Crippen molar-refractivity contribution < 1.29 is 4.79 Å². The number of allylic oxidation sites excluding steroid dienone is 4. The average Bonchev–Trinajstić information content (AvgIpc) is 2.80. The minimum absolute atomic E-state index is 0.0969. The number of carbonyl (C=O) groups excluding carboxylic acids is 1. The maximum absolute atomic E-state index is 11.8. The highest BCUT2D eigenvalue weighted by molar-refractivity contribution is 5.77. The zero-order valence-electron chi connectivity index (χ0n) is 11.3. The van der Waals surface area contributed by atoms with Gasteiger partial charge in [0.15, 0.2) is 0 Å². The fourth-order valence-electron chi connectivity index (χ4n) is 1.78. The molecule has 1 aliphatic rings. The monoisotopic (exact) mass is 261 g/mol. The van der Waals surface area contributed by atoms with Crippen molar-refractivity contribution in [2.45, 2.75) is 39.2 Å². The highest BCUT2D eigenvalue weighted by Gasteiger charge is 2.10. The van der Waals surface area contributed by atoms with Gasteiger partial charge in [0.25, 0.3) is 0 Å². The van der Waals surface area contributed by atoms with E-state index in [4.69, 9.17) is 5.73 Å². The second kappa shape index (κ2) is 5.69. The quantitative estimate of drug-likeness (QED) is 0.848. The van der Waals surface area contributed by atoms with Crippen LogP contribution in [0.4, 0.5) is 0 Å². The molecule has 0 bridgehead atoms. The van der Waals surface area contributed by atoms with Gasteiger partial charge in [0.05, 0.1) is 5.69 Å². The number of nitrogens with zero attached hydrogens (tertiary/aromatic N) is 3. The average molecular weight is 261 g/mol. The van der Waals surface area contributed by atoms with E-state index in [1.807, 2.05) is 26.0 Å². The lowest BCUT2D eigenvalue weighted by Crippen LogP contribution is -2.28. The van der Waals surface area contributed by atoms with Crippen LogP contribution in [0.15, 0.2) is 29.7 Å². The summed E-state index contributed by atoms with van der Waals surface area (Å²) in [5, 5.41) is 10.8. The Morgan fingerprint density at radius 3 is 2.84 bits per heavy atom. The van der Waals surface area contributed by atoms with Crippen LogP contribution in [0.3, 0.4) is 0 Å². The molecule has 102 valence electrons. The van der Waals surface area contributed by atoms with Crippen LogP contribution in [-0.2, 0) is 11.3 Å². The molecule has 0 fully saturated rings. The number of rotatable bonds is 4. The maximum Gasteiger partial charge on any atom is 0.245 e. The summed E-state index contributed by atoms with van der Waals surface area (Å²) < 4.78 is 1.55. The summed E-state index contributed by atoms with van der Waals surface area (Å²) in [6.07, 6.45) is 7.02. The minimum Gasteiger partial charge on any atom is -0.402 e. The third-order valence-electron chi connectivity index (χ3n) is 2.94. The molecular formula is C13H19N5O. The molecule has 19 heavy (non-hydrogen) atoms. The smallest absolute Gasteiger partial charge is 0.245 e. The Hall–Kier alpha value is -2.11. The Bertz CT molecular complexity index is 527. The van der Waals surface area contributed by atoms with E-state index in [0.717, 1.165) is 29.9 Å². The first kappa shape index (κ1) is 13.3. The second-order valence-electron chi connectivity index (χ2n) is 4.98. The first-order valence-electron chi connectivity index (χ1n) is 6.39. The van der Waals surface area contributed by atoms with Crippen LogP contribution in [0.1, 0.15) is 38.3 Å². The normalized spacial score (nSPS) is 15.1. The van der Waals surface area contributed by atoms with E-state index >= 15 is 0 Å². The molecule has 0 saturated heterocycles. The fraction of sp³-hybridized carbons (Fsp3) is 0.462. The van der Waals surface area contributed by atoms with E-state index in [1.54, 1.807) is 10.9 Å². The Balaban J connectivity index is 1.90. The van der Waals surface area contributed by atoms with Gasteiger partial charge in [0, 0.05) is 17.6 Å². The highest BCUT2D eigenvalue weighted by atomic mass is 16.2. The SMILES string of the molecule is CC(C)c1cn(CC(=O)NC2=CC=C(N)CC2)nn1. The zero-order valence-corrected chi connectivity index (χ0v) is 11.3. The highest BCUT2D eigenvalue weighted by Crippen LogP contribution is 2.12. The lowest BCUT2D eigenvalue weighted by Gasteiger charge is -2.13. The van der Waals surface area contributed by atoms with Crippen LogP contribution >= 0.6 is 0 Å². The van der Waals surface area contributed by atoms with Gasteiger partial charge in [0.2, 0.25) is 5.91 Å². The van der Waals surface area contributed by atoms with Crippen LogP contribution in [0.25, 0.3) is 0 Å². The Labute approximate surface area is 112 Å². The van der Waals surface area contributed by atoms with Gasteiger partial charge in [-0.2, -0.15) is 0 Å². The van der Waals surface area contributed by atoms with Gasteiger partial charge in [0.1, 0.15) is 6.54 Å². The van der Waals surface area contributed by atoms with E-state index in [-0.39, 0.29) is 12.5 Å². The third kappa shape index (κ3) is 3.67. The molecule has 0 unspecified atom stereocenters. The molecule has 0 aliphatic heterocycles. The molecule has 6 heteroatoms. The van der Waals surface area contributed by atoms with Gasteiger partial charge >= 0.3 is 0 Å². The van der Waals surface area contributed by atoms with Crippen LogP contribution in [0.5, 0.6) is 0 Å². The van der Waals surface area contributed by atoms with Gasteiger partial charge in [-0.1, -0.05) is 19.1 Å². The van der Waals surface area contributed by atoms with Crippen molar-refractivity contribution in [1.29, 1.82) is 0 Å². The summed E-state index contributed by atoms with van der Waals surface area (Å²) in [7, 11) is 0. The molecule has 0 spiro atoms. The summed E-state index contributed by atoms with van der Waals surface area (Å²) in [5.41, 5.74) is 8.29. The Morgan fingerprint density at radius 1 is 1.47 bits per heavy atom. The topological polar surface area (TPSA) is 85.8 Å². The van der Waals surface area contributed by atoms with Gasteiger partial charge in [-0.25, -0.2) is 4.68 Å². The van der Waals surface area contributed by atoms with E-state index in [2.05, 4.69) is 15.6 Å². The second-order valence-corrected chi connectivity index (χ2v) is 4.98. The van der Waals surface area contributed by atoms with E-state index in [0.29, 0.717) is 5.92 Å². The van der Waals surface area contributed by atoms with Gasteiger partial charge in [-0.15, -0.1) is 5.10 Å². The van der Waals surface area contributed by atoms with Crippen molar-refractivity contribution in [3.05, 3.63) is 35.4 Å². The first-order chi connectivity index (χ1) is 9.04. The van der Waals surface area contributed by atoms with Crippen LogP contribution in [0, 0.1) is 0 Å². The summed E-state index contributed by atoms with van der Waals surface area (Å²) in [4.78, 5) is 11.8. The molecule has 0 saturated carbocycles. The maximum atomic E-state index is 11.8. The molecule has 1 heterocycles. The fourth-order valence-corrected chi connectivity index (χ4v) is 1.78. The van der Waals surface area contributed by atoms with Crippen LogP contribution in [0.2, 0.25) is 0 Å². The first-order valence-corrected chi connectivity index (χ1v) is 6.39. The van der Waals surface area contributed by atoms with Gasteiger partial charge in [-0.3, -0.25) is 4.79 Å². The molecule has 1 aromatic heterocycles. The Morgan fingerprint density at radius 2 is 2.26 bits per heavy atom. The van der Waals surface area contributed by atoms with Crippen molar-refractivity contribution in [3.63, 3.8) is 0 Å². The molecule has 1 aromatic rings. The summed E-state index contributed by atoms with van der Waals surface area (Å²) in [6, 6.07) is 0. The molecule has 0 radical (unpaired) electrons. The van der Waals surface area contributed by atoms with Crippen molar-refractivity contribution in [3.8, 4) is 0 Å². The molecule has 0 atom stereocenters. The van der Waals surface area contributed by atoms with E-state index in [1.165, 1.54) is 0 Å². The van der Waals surface area contributed by atoms with E-state index < -0.39 is 0 Å². The van der Waals surface area contributed by atoms with Gasteiger partial charge in [-0.05, 0) is 30.9 Å². The number of carbonyl (C=O) groups is 1. The molecule has 0 aromatic carbocycles. The molecular weight excluding hydrogens is 242 g/mol. The van der Waals surface area contributed by atoms with Crippen LogP contribution in [-0.4, -0.2) is 20.9 Å². The summed E-state index contributed by atoms with van der Waals surface area (Å²) in [5.74, 6) is 0.214. The van der Waals surface area contributed by atoms with Crippen molar-refractivity contribution in [2.24, 2.45) is 5.73 Å². The predicted octanol–water partition coefficient (Wildman–Crippen LogP) is 1.04. The molecule has 6 nitrogen and oxygen atoms in total. The summed E-state index contributed by atoms with van der Waals surface area (Å²) >= 11 is 0. The number of hydrogen-bond donors (Lipinski definition) is 2. The van der Waals surface area contributed by atoms with Gasteiger partial charge < -0.3 is 11.1 Å². The standard InChI is InChI=1S/C13H19N5O/c1-9(2)12-7-18(17-16-12)8-13(19)15-11-5-3-10(14)4-6-11/h3,5,7,9H,4,6,8,14H2,1-2H3,(H,15,19). The van der Waals surface area contributed by atoms with Crippen molar-refractivity contribution in [1.82, 2.24) is 20.3 Å². The number of nitrogens with one attached hydrogen (secondary N) is 1. The minimum atomic E-state index is -0.0969. The lowest BCUT2D eigenvalue weighted by atomic mass is 10.1. The van der Waals surface area contributed by atoms with Crippen LogP contribution < -0.4 is 11.1 Å². The molecule has 1 aliphatic carbocycles. The zero-order chi connectivity index (χ0) is 13.8. The lowest BCUT2D eigenvalue weighted by molar-refractivity contribution is -0.121.